The van der Waals surface area contributed by atoms with Gasteiger partial charge in [0.2, 0.25) is 0 Å². The van der Waals surface area contributed by atoms with Gasteiger partial charge in [0.1, 0.15) is 0 Å². The van der Waals surface area contributed by atoms with Crippen molar-refractivity contribution in [1.29, 1.82) is 0 Å². The van der Waals surface area contributed by atoms with Crippen LogP contribution in [0.15, 0.2) is 0 Å². The van der Waals surface area contributed by atoms with Crippen LogP contribution in [0.25, 0.3) is 0 Å². The largest absolute Gasteiger partial charge is 0.465 e. The maximum atomic E-state index is 10.9. The first-order valence-electron chi connectivity index (χ1n) is 4.59. The lowest BCUT2D eigenvalue weighted by Crippen LogP contribution is -2.26. The van der Waals surface area contributed by atoms with Crippen molar-refractivity contribution in [3.05, 3.63) is 0 Å². The van der Waals surface area contributed by atoms with E-state index < -0.39 is 0 Å². The zero-order valence-corrected chi connectivity index (χ0v) is 9.45. The minimum absolute atomic E-state index is 0.167. The number of carbonyl (C=O) groups excluding carboxylic acids is 1. The van der Waals surface area contributed by atoms with Gasteiger partial charge in [-0.05, 0) is 26.1 Å². The first kappa shape index (κ1) is 12.8. The molecule has 0 saturated heterocycles. The third kappa shape index (κ3) is 8.12. The molecular formula is C9H19NO2S. The molecule has 78 valence electrons. The second kappa shape index (κ2) is 8.38. The van der Waals surface area contributed by atoms with Crippen molar-refractivity contribution >= 4 is 17.7 Å². The third-order valence-electron chi connectivity index (χ3n) is 1.70. The standard InChI is InChI=1S/C9H19NO2S/c1-4-12-9(11)7-10-6-5-8(2)13-3/h8,10H,4-7H2,1-3H3. The van der Waals surface area contributed by atoms with Crippen molar-refractivity contribution in [2.24, 2.45) is 0 Å². The van der Waals surface area contributed by atoms with E-state index in [-0.39, 0.29) is 5.97 Å². The number of hydrogen-bond acceptors (Lipinski definition) is 4. The van der Waals surface area contributed by atoms with E-state index in [0.29, 0.717) is 18.4 Å². The van der Waals surface area contributed by atoms with Crippen molar-refractivity contribution in [3.63, 3.8) is 0 Å². The van der Waals surface area contributed by atoms with Crippen molar-refractivity contribution in [2.45, 2.75) is 25.5 Å². The van der Waals surface area contributed by atoms with E-state index >= 15 is 0 Å². The number of nitrogens with one attached hydrogen (secondary N) is 1. The molecule has 0 aliphatic rings. The second-order valence-electron chi connectivity index (χ2n) is 2.82. The van der Waals surface area contributed by atoms with Crippen LogP contribution in [0.4, 0.5) is 0 Å². The number of hydrogen-bond donors (Lipinski definition) is 1. The normalized spacial score (nSPS) is 12.5. The third-order valence-corrected chi connectivity index (χ3v) is 2.75. The monoisotopic (exact) mass is 205 g/mol. The van der Waals surface area contributed by atoms with E-state index in [1.807, 2.05) is 18.7 Å². The molecule has 0 bridgehead atoms. The Morgan fingerprint density at radius 2 is 2.31 bits per heavy atom. The van der Waals surface area contributed by atoms with Crippen LogP contribution in [0.2, 0.25) is 0 Å². The van der Waals surface area contributed by atoms with Crippen molar-refractivity contribution in [1.82, 2.24) is 5.32 Å². The quantitative estimate of drug-likeness (QED) is 0.502. The summed E-state index contributed by atoms with van der Waals surface area (Å²) in [5.41, 5.74) is 0. The van der Waals surface area contributed by atoms with Gasteiger partial charge < -0.3 is 10.1 Å². The molecule has 4 heteroatoms. The Balaban J connectivity index is 3.20. The molecule has 0 aliphatic carbocycles. The molecular weight excluding hydrogens is 186 g/mol. The highest BCUT2D eigenvalue weighted by molar-refractivity contribution is 7.99. The summed E-state index contributed by atoms with van der Waals surface area (Å²) in [5, 5.41) is 3.70. The Labute approximate surface area is 84.6 Å². The first-order valence-corrected chi connectivity index (χ1v) is 5.88. The fraction of sp³-hybridized carbons (Fsp3) is 0.889. The highest BCUT2D eigenvalue weighted by atomic mass is 32.2. The van der Waals surface area contributed by atoms with Gasteiger partial charge in [0.25, 0.3) is 0 Å². The molecule has 13 heavy (non-hydrogen) atoms. The van der Waals surface area contributed by atoms with Crippen LogP contribution in [-0.4, -0.2) is 37.2 Å². The van der Waals surface area contributed by atoms with Gasteiger partial charge in [0.05, 0.1) is 13.2 Å². The summed E-state index contributed by atoms with van der Waals surface area (Å²) in [5.74, 6) is -0.167. The molecule has 1 N–H and O–H groups in total. The second-order valence-corrected chi connectivity index (χ2v) is 4.09. The topological polar surface area (TPSA) is 38.3 Å². The maximum Gasteiger partial charge on any atom is 0.319 e. The fourth-order valence-corrected chi connectivity index (χ4v) is 1.18. The minimum Gasteiger partial charge on any atom is -0.465 e. The van der Waals surface area contributed by atoms with Gasteiger partial charge in [0.15, 0.2) is 0 Å². The van der Waals surface area contributed by atoms with E-state index in [9.17, 15) is 4.79 Å². The summed E-state index contributed by atoms with van der Waals surface area (Å²) in [6, 6.07) is 0. The highest BCUT2D eigenvalue weighted by Gasteiger charge is 2.01. The lowest BCUT2D eigenvalue weighted by molar-refractivity contribution is -0.141. The molecule has 0 fully saturated rings. The predicted molar refractivity (Wildman–Crippen MR) is 57.1 cm³/mol. The Morgan fingerprint density at radius 3 is 2.85 bits per heavy atom. The van der Waals surface area contributed by atoms with Crippen molar-refractivity contribution in [3.8, 4) is 0 Å². The van der Waals surface area contributed by atoms with E-state index in [1.165, 1.54) is 0 Å². The Morgan fingerprint density at radius 1 is 1.62 bits per heavy atom. The summed E-state index contributed by atoms with van der Waals surface area (Å²) in [6.07, 6.45) is 3.18. The molecule has 0 amide bonds. The smallest absolute Gasteiger partial charge is 0.319 e. The van der Waals surface area contributed by atoms with Gasteiger partial charge in [-0.25, -0.2) is 0 Å². The summed E-state index contributed by atoms with van der Waals surface area (Å²) < 4.78 is 4.77. The molecule has 1 atom stereocenters. The summed E-state index contributed by atoms with van der Waals surface area (Å²) in [4.78, 5) is 10.9. The molecule has 0 aromatic rings. The van der Waals surface area contributed by atoms with Crippen LogP contribution in [-0.2, 0) is 9.53 Å². The van der Waals surface area contributed by atoms with Gasteiger partial charge in [-0.2, -0.15) is 11.8 Å². The molecule has 0 rings (SSSR count). The maximum absolute atomic E-state index is 10.9. The molecule has 0 aromatic heterocycles. The van der Waals surface area contributed by atoms with Crippen LogP contribution < -0.4 is 5.32 Å². The fourth-order valence-electron chi connectivity index (χ4n) is 0.826. The van der Waals surface area contributed by atoms with Gasteiger partial charge in [0, 0.05) is 5.25 Å². The molecule has 0 aromatic carbocycles. The average molecular weight is 205 g/mol. The van der Waals surface area contributed by atoms with Crippen LogP contribution in [0.1, 0.15) is 20.3 Å². The molecule has 0 aliphatic heterocycles. The van der Waals surface area contributed by atoms with E-state index in [2.05, 4.69) is 18.5 Å². The predicted octanol–water partition coefficient (Wildman–Crippen LogP) is 1.28. The van der Waals surface area contributed by atoms with Crippen LogP contribution in [0, 0.1) is 0 Å². The van der Waals surface area contributed by atoms with E-state index in [1.54, 1.807) is 0 Å². The van der Waals surface area contributed by atoms with Crippen LogP contribution in [0.3, 0.4) is 0 Å². The van der Waals surface area contributed by atoms with Gasteiger partial charge in [-0.3, -0.25) is 4.79 Å². The van der Waals surface area contributed by atoms with Crippen molar-refractivity contribution < 1.29 is 9.53 Å². The molecule has 0 saturated carbocycles. The molecule has 3 nitrogen and oxygen atoms in total. The van der Waals surface area contributed by atoms with Gasteiger partial charge >= 0.3 is 5.97 Å². The van der Waals surface area contributed by atoms with Crippen molar-refractivity contribution in [2.75, 3.05) is 26.0 Å². The van der Waals surface area contributed by atoms with Crippen LogP contribution in [0.5, 0.6) is 0 Å². The number of rotatable bonds is 7. The van der Waals surface area contributed by atoms with Gasteiger partial charge in [-0.15, -0.1) is 0 Å². The highest BCUT2D eigenvalue weighted by Crippen LogP contribution is 2.07. The summed E-state index contributed by atoms with van der Waals surface area (Å²) >= 11 is 1.84. The molecule has 0 heterocycles. The Kier molecular flexibility index (Phi) is 8.24. The zero-order chi connectivity index (χ0) is 10.1. The SMILES string of the molecule is CCOC(=O)CNCCC(C)SC. The zero-order valence-electron chi connectivity index (χ0n) is 8.63. The average Bonchev–Trinajstić information content (AvgIpc) is 2.12. The number of esters is 1. The first-order chi connectivity index (χ1) is 6.20. The van der Waals surface area contributed by atoms with Gasteiger partial charge in [-0.1, -0.05) is 6.92 Å². The molecule has 1 unspecified atom stereocenters. The lowest BCUT2D eigenvalue weighted by Gasteiger charge is -2.08. The van der Waals surface area contributed by atoms with E-state index in [4.69, 9.17) is 4.74 Å². The Hall–Kier alpha value is -0.220. The van der Waals surface area contributed by atoms with E-state index in [0.717, 1.165) is 13.0 Å². The molecule has 0 spiro atoms. The Bertz CT molecular complexity index is 142. The summed E-state index contributed by atoms with van der Waals surface area (Å²) in [7, 11) is 0. The number of ether oxygens (including phenoxy) is 1. The summed E-state index contributed by atoms with van der Waals surface area (Å²) in [6.45, 7) is 5.65. The minimum atomic E-state index is -0.167. The molecule has 0 radical (unpaired) electrons. The number of carbonyl (C=O) groups is 1. The lowest BCUT2D eigenvalue weighted by atomic mass is 10.3. The number of thioether (sulfide) groups is 1. The van der Waals surface area contributed by atoms with Crippen LogP contribution >= 0.6 is 11.8 Å².